The van der Waals surface area contributed by atoms with Crippen LogP contribution in [-0.4, -0.2) is 18.8 Å². The summed E-state index contributed by atoms with van der Waals surface area (Å²) in [6.45, 7) is 0. The molecule has 1 aliphatic rings. The van der Waals surface area contributed by atoms with Crippen LogP contribution in [0, 0.1) is 0 Å². The van der Waals surface area contributed by atoms with Gasteiger partial charge in [0.15, 0.2) is 11.5 Å². The predicted molar refractivity (Wildman–Crippen MR) is 85.0 cm³/mol. The Kier molecular flexibility index (Phi) is 2.79. The first-order chi connectivity index (χ1) is 10.3. The van der Waals surface area contributed by atoms with Gasteiger partial charge in [-0.25, -0.2) is 0 Å². The second-order valence-electron chi connectivity index (χ2n) is 5.04. The van der Waals surface area contributed by atoms with Crippen LogP contribution in [0.15, 0.2) is 41.9 Å². The van der Waals surface area contributed by atoms with E-state index in [1.807, 2.05) is 23.5 Å². The van der Waals surface area contributed by atoms with Crippen molar-refractivity contribution in [1.29, 1.82) is 0 Å². The Bertz CT molecular complexity index is 816. The molecule has 0 radical (unpaired) electrons. The molecular weight excluding hydrogens is 282 g/mol. The minimum Gasteiger partial charge on any atom is -0.493 e. The topological polar surface area (TPSA) is 23.4 Å². The smallest absolute Gasteiger partial charge is 0.161 e. The van der Waals surface area contributed by atoms with Crippen molar-refractivity contribution >= 4 is 11.3 Å². The minimum atomic E-state index is 0.759. The van der Waals surface area contributed by atoms with E-state index in [0.29, 0.717) is 0 Å². The van der Waals surface area contributed by atoms with Gasteiger partial charge in [-0.2, -0.15) is 0 Å². The number of fused-ring (bicyclic) bond motifs is 3. The second-order valence-corrected chi connectivity index (χ2v) is 6.00. The van der Waals surface area contributed by atoms with Gasteiger partial charge in [0.1, 0.15) is 0 Å². The lowest BCUT2D eigenvalue weighted by Crippen LogP contribution is -1.93. The van der Waals surface area contributed by atoms with Crippen molar-refractivity contribution in [1.82, 2.24) is 4.57 Å². The summed E-state index contributed by atoms with van der Waals surface area (Å²) in [4.78, 5) is 1.43. The quantitative estimate of drug-likeness (QED) is 0.567. The van der Waals surface area contributed by atoms with E-state index in [1.54, 1.807) is 14.2 Å². The first-order valence-electron chi connectivity index (χ1n) is 6.81. The van der Waals surface area contributed by atoms with E-state index in [4.69, 9.17) is 9.47 Å². The maximum atomic E-state index is 5.42. The Labute approximate surface area is 127 Å². The van der Waals surface area contributed by atoms with Gasteiger partial charge in [0.2, 0.25) is 0 Å². The van der Waals surface area contributed by atoms with Gasteiger partial charge in [-0.3, -0.25) is 0 Å². The normalized spacial score (nSPS) is 12.1. The highest BCUT2D eigenvalue weighted by molar-refractivity contribution is 7.11. The molecule has 1 aliphatic heterocycles. The summed E-state index contributed by atoms with van der Waals surface area (Å²) in [7, 11) is 3.33. The average Bonchev–Trinajstić information content (AvgIpc) is 3.18. The van der Waals surface area contributed by atoms with Crippen molar-refractivity contribution in [2.45, 2.75) is 6.42 Å². The Morgan fingerprint density at radius 1 is 1.10 bits per heavy atom. The number of rotatable bonds is 3. The summed E-state index contributed by atoms with van der Waals surface area (Å²) in [6.07, 6.45) is 3.17. The highest BCUT2D eigenvalue weighted by Crippen LogP contribution is 2.42. The third-order valence-corrected chi connectivity index (χ3v) is 4.92. The number of hydrogen-bond acceptors (Lipinski definition) is 3. The summed E-state index contributed by atoms with van der Waals surface area (Å²) in [5.74, 6) is 1.52. The lowest BCUT2D eigenvalue weighted by molar-refractivity contribution is 0.355. The molecule has 0 N–H and O–H groups in total. The number of aromatic nitrogens is 1. The van der Waals surface area contributed by atoms with E-state index in [2.05, 4.69) is 34.3 Å². The van der Waals surface area contributed by atoms with Gasteiger partial charge in [-0.15, -0.1) is 11.3 Å². The van der Waals surface area contributed by atoms with E-state index in [1.165, 1.54) is 21.8 Å². The molecule has 106 valence electrons. The molecule has 0 saturated heterocycles. The van der Waals surface area contributed by atoms with E-state index < -0.39 is 0 Å². The molecule has 4 rings (SSSR count). The molecule has 0 amide bonds. The number of thiophene rings is 1. The lowest BCUT2D eigenvalue weighted by Gasteiger charge is -2.10. The first-order valence-corrected chi connectivity index (χ1v) is 7.69. The lowest BCUT2D eigenvalue weighted by atomic mass is 10.1. The van der Waals surface area contributed by atoms with Crippen molar-refractivity contribution in [3.63, 3.8) is 0 Å². The Morgan fingerprint density at radius 2 is 1.95 bits per heavy atom. The Morgan fingerprint density at radius 3 is 2.76 bits per heavy atom. The largest absolute Gasteiger partial charge is 0.493 e. The van der Waals surface area contributed by atoms with Gasteiger partial charge in [0.05, 0.1) is 19.9 Å². The molecule has 0 fully saturated rings. The van der Waals surface area contributed by atoms with Crippen LogP contribution in [0.4, 0.5) is 0 Å². The Balaban J connectivity index is 1.87. The minimum absolute atomic E-state index is 0.759. The third kappa shape index (κ3) is 1.79. The number of benzene rings is 1. The average molecular weight is 297 g/mol. The van der Waals surface area contributed by atoms with E-state index >= 15 is 0 Å². The molecule has 0 atom stereocenters. The molecule has 0 unspecified atom stereocenters. The SMILES string of the molecule is COc1ccc(-c2csc3c2-n2cccc2C3)cc1OC. The molecule has 0 aliphatic carbocycles. The molecular formula is C17H15NO2S. The summed E-state index contributed by atoms with van der Waals surface area (Å²) in [5, 5.41) is 2.23. The molecule has 4 heteroatoms. The highest BCUT2D eigenvalue weighted by Gasteiger charge is 2.23. The third-order valence-electron chi connectivity index (χ3n) is 3.95. The van der Waals surface area contributed by atoms with E-state index in [9.17, 15) is 0 Å². The van der Waals surface area contributed by atoms with Crippen LogP contribution in [0.25, 0.3) is 16.8 Å². The van der Waals surface area contributed by atoms with Crippen LogP contribution in [-0.2, 0) is 6.42 Å². The van der Waals surface area contributed by atoms with Crippen molar-refractivity contribution in [3.05, 3.63) is 52.5 Å². The first kappa shape index (κ1) is 12.5. The predicted octanol–water partition coefficient (Wildman–Crippen LogP) is 4.13. The fourth-order valence-electron chi connectivity index (χ4n) is 2.93. The summed E-state index contributed by atoms with van der Waals surface area (Å²) in [6, 6.07) is 10.4. The van der Waals surface area contributed by atoms with Crippen LogP contribution in [0.2, 0.25) is 0 Å². The molecule has 3 aromatic rings. The van der Waals surface area contributed by atoms with Crippen LogP contribution < -0.4 is 9.47 Å². The van der Waals surface area contributed by atoms with Gasteiger partial charge >= 0.3 is 0 Å². The number of hydrogen-bond donors (Lipinski definition) is 0. The molecule has 0 saturated carbocycles. The highest BCUT2D eigenvalue weighted by atomic mass is 32.1. The van der Waals surface area contributed by atoms with Gasteiger partial charge in [-0.05, 0) is 29.8 Å². The zero-order chi connectivity index (χ0) is 14.4. The number of nitrogens with zero attached hydrogens (tertiary/aromatic N) is 1. The van der Waals surface area contributed by atoms with Gasteiger partial charge < -0.3 is 14.0 Å². The van der Waals surface area contributed by atoms with Crippen LogP contribution in [0.3, 0.4) is 0 Å². The summed E-state index contributed by atoms with van der Waals surface area (Å²) in [5.41, 5.74) is 5.09. The number of methoxy groups -OCH3 is 2. The van der Waals surface area contributed by atoms with Crippen LogP contribution >= 0.6 is 11.3 Å². The van der Waals surface area contributed by atoms with Crippen LogP contribution in [0.5, 0.6) is 11.5 Å². The van der Waals surface area contributed by atoms with Gasteiger partial charge in [0, 0.05) is 34.1 Å². The van der Waals surface area contributed by atoms with Gasteiger partial charge in [-0.1, -0.05) is 6.07 Å². The molecule has 0 spiro atoms. The summed E-state index contributed by atoms with van der Waals surface area (Å²) >= 11 is 1.83. The van der Waals surface area contributed by atoms with Crippen molar-refractivity contribution in [2.75, 3.05) is 14.2 Å². The van der Waals surface area contributed by atoms with Crippen molar-refractivity contribution in [2.24, 2.45) is 0 Å². The molecule has 3 heterocycles. The molecule has 21 heavy (non-hydrogen) atoms. The fraction of sp³-hybridized carbons (Fsp3) is 0.176. The van der Waals surface area contributed by atoms with Gasteiger partial charge in [0.25, 0.3) is 0 Å². The zero-order valence-corrected chi connectivity index (χ0v) is 12.7. The molecule has 1 aromatic carbocycles. The molecule has 3 nitrogen and oxygen atoms in total. The van der Waals surface area contributed by atoms with E-state index in [-0.39, 0.29) is 0 Å². The maximum absolute atomic E-state index is 5.42. The molecule has 2 aromatic heterocycles. The molecule has 0 bridgehead atoms. The Hall–Kier alpha value is -2.20. The van der Waals surface area contributed by atoms with E-state index in [0.717, 1.165) is 23.5 Å². The van der Waals surface area contributed by atoms with Crippen molar-refractivity contribution in [3.8, 4) is 28.3 Å². The van der Waals surface area contributed by atoms with Crippen molar-refractivity contribution < 1.29 is 9.47 Å². The summed E-state index contributed by atoms with van der Waals surface area (Å²) < 4.78 is 13.0. The second kappa shape index (κ2) is 4.67. The number of ether oxygens (including phenoxy) is 2. The monoisotopic (exact) mass is 297 g/mol. The maximum Gasteiger partial charge on any atom is 0.161 e. The van der Waals surface area contributed by atoms with Crippen LogP contribution in [0.1, 0.15) is 10.6 Å². The fourth-order valence-corrected chi connectivity index (χ4v) is 3.99. The zero-order valence-electron chi connectivity index (χ0n) is 11.9. The standard InChI is InChI=1S/C17H15NO2S/c1-19-14-6-5-11(8-15(14)20-2)13-10-21-16-9-12-4-3-7-18(12)17(13)16/h3-8,10H,9H2,1-2H3.